The van der Waals surface area contributed by atoms with Crippen LogP contribution in [0.25, 0.3) is 0 Å². The summed E-state index contributed by atoms with van der Waals surface area (Å²) in [5, 5.41) is 0. The van der Waals surface area contributed by atoms with Crippen molar-refractivity contribution in [3.8, 4) is 11.5 Å². The van der Waals surface area contributed by atoms with Crippen LogP contribution in [-0.2, 0) is 11.3 Å². The number of para-hydroxylation sites is 2. The number of alkyl halides is 3. The van der Waals surface area contributed by atoms with Crippen molar-refractivity contribution in [1.29, 1.82) is 0 Å². The fourth-order valence-electron chi connectivity index (χ4n) is 4.32. The van der Waals surface area contributed by atoms with Crippen molar-refractivity contribution in [3.63, 3.8) is 0 Å². The lowest BCUT2D eigenvalue weighted by atomic mass is 10.1. The van der Waals surface area contributed by atoms with Crippen LogP contribution in [0.4, 0.5) is 18.9 Å². The third-order valence-corrected chi connectivity index (χ3v) is 5.83. The van der Waals surface area contributed by atoms with Gasteiger partial charge < -0.3 is 19.3 Å². The topological polar surface area (TPSA) is 84.9 Å². The van der Waals surface area contributed by atoms with E-state index in [0.717, 1.165) is 0 Å². The van der Waals surface area contributed by atoms with Crippen LogP contribution in [0.1, 0.15) is 22.3 Å². The molecular weight excluding hydrogens is 465 g/mol. The van der Waals surface area contributed by atoms with Crippen molar-refractivity contribution in [2.45, 2.75) is 31.5 Å². The predicted octanol–water partition coefficient (Wildman–Crippen LogP) is 3.58. The molecule has 0 N–H and O–H groups in total. The molecule has 2 unspecified atom stereocenters. The molecule has 2 atom stereocenters. The van der Waals surface area contributed by atoms with Crippen LogP contribution in [0.2, 0.25) is 0 Å². The molecule has 3 heterocycles. The van der Waals surface area contributed by atoms with Gasteiger partial charge in [0, 0.05) is 18.8 Å². The van der Waals surface area contributed by atoms with Crippen LogP contribution in [0, 0.1) is 0 Å². The fourth-order valence-corrected chi connectivity index (χ4v) is 4.32. The number of aromatic nitrogens is 2. The van der Waals surface area contributed by atoms with Crippen LogP contribution < -0.4 is 14.4 Å². The monoisotopic (exact) mass is 484 g/mol. The highest BCUT2D eigenvalue weighted by molar-refractivity contribution is 6.03. The van der Waals surface area contributed by atoms with E-state index in [2.05, 4.69) is 14.7 Å². The maximum Gasteiger partial charge on any atom is 0.573 e. The zero-order valence-electron chi connectivity index (χ0n) is 18.2. The molecule has 35 heavy (non-hydrogen) atoms. The second-order valence-corrected chi connectivity index (χ2v) is 8.16. The Morgan fingerprint density at radius 3 is 2.51 bits per heavy atom. The highest BCUT2D eigenvalue weighted by Crippen LogP contribution is 2.37. The highest BCUT2D eigenvalue weighted by atomic mass is 19.4. The number of fused-ring (bicyclic) bond motifs is 3. The number of hydrogen-bond acceptors (Lipinski definition) is 6. The molecule has 8 nitrogen and oxygen atoms in total. The molecule has 3 aromatic rings. The molecule has 1 aromatic heterocycles. The van der Waals surface area contributed by atoms with Gasteiger partial charge in [-0.1, -0.05) is 24.3 Å². The van der Waals surface area contributed by atoms with Crippen LogP contribution in [0.5, 0.6) is 11.5 Å². The molecule has 2 aliphatic heterocycles. The van der Waals surface area contributed by atoms with Gasteiger partial charge in [0.1, 0.15) is 30.0 Å². The SMILES string of the molecule is O=C1C2CC(CN2C(=O)c2cncnc2)Oc2ccccc2N1Cc1ccc(OC(F)(F)F)cc1. The number of anilines is 1. The zero-order valence-corrected chi connectivity index (χ0v) is 18.2. The number of carbonyl (C=O) groups excluding carboxylic acids is 2. The summed E-state index contributed by atoms with van der Waals surface area (Å²) in [5.41, 5.74) is 1.35. The summed E-state index contributed by atoms with van der Waals surface area (Å²) in [5.74, 6) is -0.568. The Kier molecular flexibility index (Phi) is 5.75. The van der Waals surface area contributed by atoms with E-state index in [1.165, 1.54) is 52.8 Å². The van der Waals surface area contributed by atoms with Crippen LogP contribution in [-0.4, -0.2) is 51.7 Å². The molecule has 1 saturated heterocycles. The van der Waals surface area contributed by atoms with E-state index in [9.17, 15) is 22.8 Å². The Morgan fingerprint density at radius 1 is 1.09 bits per heavy atom. The normalized spacial score (nSPS) is 19.5. The number of halogens is 3. The van der Waals surface area contributed by atoms with Gasteiger partial charge in [0.2, 0.25) is 5.91 Å². The average Bonchev–Trinajstić information content (AvgIpc) is 3.27. The van der Waals surface area contributed by atoms with Crippen molar-refractivity contribution in [2.24, 2.45) is 0 Å². The maximum absolute atomic E-state index is 13.8. The Morgan fingerprint density at radius 2 is 1.80 bits per heavy atom. The first-order valence-corrected chi connectivity index (χ1v) is 10.8. The first-order valence-electron chi connectivity index (χ1n) is 10.8. The highest BCUT2D eigenvalue weighted by Gasteiger charge is 2.45. The van der Waals surface area contributed by atoms with Gasteiger partial charge in [-0.3, -0.25) is 9.59 Å². The maximum atomic E-state index is 13.8. The largest absolute Gasteiger partial charge is 0.573 e. The summed E-state index contributed by atoms with van der Waals surface area (Å²) in [6.45, 7) is 0.277. The lowest BCUT2D eigenvalue weighted by Crippen LogP contribution is -2.48. The summed E-state index contributed by atoms with van der Waals surface area (Å²) in [4.78, 5) is 37.7. The van der Waals surface area contributed by atoms with Gasteiger partial charge in [0.05, 0.1) is 24.3 Å². The van der Waals surface area contributed by atoms with E-state index in [0.29, 0.717) is 23.4 Å². The molecule has 2 aliphatic rings. The molecular formula is C24H19F3N4O4. The first kappa shape index (κ1) is 22.6. The molecule has 0 radical (unpaired) electrons. The zero-order chi connectivity index (χ0) is 24.6. The van der Waals surface area contributed by atoms with E-state index >= 15 is 0 Å². The molecule has 0 spiro atoms. The van der Waals surface area contributed by atoms with E-state index < -0.39 is 12.4 Å². The second-order valence-electron chi connectivity index (χ2n) is 8.16. The van der Waals surface area contributed by atoms with Crippen LogP contribution in [0.3, 0.4) is 0 Å². The summed E-state index contributed by atoms with van der Waals surface area (Å²) >= 11 is 0. The molecule has 11 heteroatoms. The average molecular weight is 484 g/mol. The molecule has 1 fully saturated rings. The summed E-state index contributed by atoms with van der Waals surface area (Å²) in [6.07, 6.45) is -0.771. The van der Waals surface area contributed by atoms with Gasteiger partial charge in [0.25, 0.3) is 5.91 Å². The Hall–Kier alpha value is -4.15. The standard InChI is InChI=1S/C24H19F3N4O4/c25-24(26,27)35-17-7-5-15(6-8-17)12-30-19-3-1-2-4-21(19)34-18-9-20(23(30)33)31(13-18)22(32)16-10-28-14-29-11-16/h1-8,10-11,14,18,20H,9,12-13H2. The third-order valence-electron chi connectivity index (χ3n) is 5.83. The number of rotatable bonds is 4. The van der Waals surface area contributed by atoms with E-state index in [4.69, 9.17) is 4.74 Å². The van der Waals surface area contributed by atoms with Crippen molar-refractivity contribution < 1.29 is 32.2 Å². The number of likely N-dealkylation sites (tertiary alicyclic amines) is 1. The summed E-state index contributed by atoms with van der Waals surface area (Å²) in [6, 6.07) is 11.5. The van der Waals surface area contributed by atoms with Gasteiger partial charge in [-0.05, 0) is 29.8 Å². The molecule has 2 amide bonds. The van der Waals surface area contributed by atoms with Crippen molar-refractivity contribution >= 4 is 17.5 Å². The van der Waals surface area contributed by atoms with Crippen molar-refractivity contribution in [3.05, 3.63) is 78.4 Å². The predicted molar refractivity (Wildman–Crippen MR) is 117 cm³/mol. The van der Waals surface area contributed by atoms with Crippen LogP contribution in [0.15, 0.2) is 67.3 Å². The minimum absolute atomic E-state index is 0.0587. The molecule has 180 valence electrons. The van der Waals surface area contributed by atoms with Gasteiger partial charge in [-0.15, -0.1) is 13.2 Å². The molecule has 0 aliphatic carbocycles. The minimum atomic E-state index is -4.80. The number of amides is 2. The number of hydrogen-bond donors (Lipinski definition) is 0. The molecule has 2 bridgehead atoms. The number of carbonyl (C=O) groups is 2. The van der Waals surface area contributed by atoms with E-state index in [1.54, 1.807) is 24.3 Å². The van der Waals surface area contributed by atoms with Crippen molar-refractivity contribution in [2.75, 3.05) is 11.4 Å². The third kappa shape index (κ3) is 4.75. The Bertz CT molecular complexity index is 1240. The van der Waals surface area contributed by atoms with Crippen molar-refractivity contribution in [1.82, 2.24) is 14.9 Å². The summed E-state index contributed by atoms with van der Waals surface area (Å²) in [7, 11) is 0. The first-order chi connectivity index (χ1) is 16.8. The molecule has 0 saturated carbocycles. The van der Waals surface area contributed by atoms with Gasteiger partial charge in [-0.2, -0.15) is 0 Å². The van der Waals surface area contributed by atoms with Gasteiger partial charge in [0.15, 0.2) is 0 Å². The number of ether oxygens (including phenoxy) is 2. The van der Waals surface area contributed by atoms with E-state index in [-0.39, 0.29) is 42.3 Å². The molecule has 5 rings (SSSR count). The lowest BCUT2D eigenvalue weighted by Gasteiger charge is -2.31. The van der Waals surface area contributed by atoms with Crippen LogP contribution >= 0.6 is 0 Å². The Labute approximate surface area is 197 Å². The van der Waals surface area contributed by atoms with E-state index in [1.807, 2.05) is 0 Å². The fraction of sp³-hybridized carbons (Fsp3) is 0.250. The summed E-state index contributed by atoms with van der Waals surface area (Å²) < 4.78 is 47.6. The smallest absolute Gasteiger partial charge is 0.486 e. The Balaban J connectivity index is 1.46. The molecule has 2 aromatic carbocycles. The number of nitrogens with zero attached hydrogens (tertiary/aromatic N) is 4. The van der Waals surface area contributed by atoms with Gasteiger partial charge in [-0.25, -0.2) is 9.97 Å². The lowest BCUT2D eigenvalue weighted by molar-refractivity contribution is -0.274. The number of benzene rings is 2. The minimum Gasteiger partial charge on any atom is -0.486 e. The second kappa shape index (κ2) is 8.90. The quantitative estimate of drug-likeness (QED) is 0.563. The van der Waals surface area contributed by atoms with Gasteiger partial charge >= 0.3 is 6.36 Å².